The van der Waals surface area contributed by atoms with E-state index in [9.17, 15) is 18.3 Å². The van der Waals surface area contributed by atoms with Crippen molar-refractivity contribution in [1.82, 2.24) is 14.5 Å². The lowest BCUT2D eigenvalue weighted by Crippen LogP contribution is -2.38. The maximum absolute atomic E-state index is 13.7. The normalized spacial score (nSPS) is 19.2. The standard InChI is InChI=1S/C22H18F3N3O2/c1-28-19-4-5-26-11-17(19)16-3-2-12(7-20(16)28)13-6-18(22(23,24)25)21(27-10-13)30-15-8-14(29)9-15/h2-7,10-11,14-15,29H,8-9H2,1H3/t14-,15+. The lowest BCUT2D eigenvalue weighted by molar-refractivity contribution is -0.140. The smallest absolute Gasteiger partial charge is 0.421 e. The molecular weight excluding hydrogens is 395 g/mol. The van der Waals surface area contributed by atoms with E-state index in [0.717, 1.165) is 27.9 Å². The molecule has 5 rings (SSSR count). The molecule has 0 atom stereocenters. The highest BCUT2D eigenvalue weighted by Gasteiger charge is 2.38. The zero-order valence-electron chi connectivity index (χ0n) is 16.0. The molecule has 1 N–H and O–H groups in total. The molecule has 0 radical (unpaired) electrons. The van der Waals surface area contributed by atoms with E-state index in [-0.39, 0.29) is 0 Å². The first-order chi connectivity index (χ1) is 14.3. The summed E-state index contributed by atoms with van der Waals surface area (Å²) in [6.45, 7) is 0. The number of nitrogens with zero attached hydrogens (tertiary/aromatic N) is 3. The minimum atomic E-state index is -4.60. The van der Waals surface area contributed by atoms with Gasteiger partial charge in [-0.1, -0.05) is 12.1 Å². The highest BCUT2D eigenvalue weighted by atomic mass is 19.4. The summed E-state index contributed by atoms with van der Waals surface area (Å²) in [6, 6.07) is 8.51. The number of halogens is 3. The van der Waals surface area contributed by atoms with Crippen molar-refractivity contribution in [2.75, 3.05) is 0 Å². The topological polar surface area (TPSA) is 60.2 Å². The average Bonchev–Trinajstić information content (AvgIpc) is 2.98. The average molecular weight is 413 g/mol. The largest absolute Gasteiger partial charge is 0.474 e. The van der Waals surface area contributed by atoms with Gasteiger partial charge in [-0.2, -0.15) is 13.2 Å². The number of rotatable bonds is 3. The molecule has 154 valence electrons. The molecule has 0 unspecified atom stereocenters. The maximum atomic E-state index is 13.7. The van der Waals surface area contributed by atoms with Gasteiger partial charge < -0.3 is 14.4 Å². The number of aliphatic hydroxyl groups excluding tert-OH is 1. The minimum absolute atomic E-state index is 0.313. The number of aliphatic hydroxyl groups is 1. The van der Waals surface area contributed by atoms with Crippen molar-refractivity contribution in [3.63, 3.8) is 0 Å². The first-order valence-electron chi connectivity index (χ1n) is 9.56. The molecule has 5 nitrogen and oxygen atoms in total. The van der Waals surface area contributed by atoms with Crippen LogP contribution in [0, 0.1) is 0 Å². The fourth-order valence-corrected chi connectivity index (χ4v) is 3.93. The van der Waals surface area contributed by atoms with E-state index in [4.69, 9.17) is 4.74 Å². The van der Waals surface area contributed by atoms with E-state index < -0.39 is 29.8 Å². The van der Waals surface area contributed by atoms with Gasteiger partial charge in [-0.25, -0.2) is 4.98 Å². The van der Waals surface area contributed by atoms with Crippen molar-refractivity contribution in [3.05, 3.63) is 54.5 Å². The third kappa shape index (κ3) is 3.08. The van der Waals surface area contributed by atoms with E-state index in [2.05, 4.69) is 9.97 Å². The number of hydrogen-bond acceptors (Lipinski definition) is 4. The van der Waals surface area contributed by atoms with Gasteiger partial charge >= 0.3 is 6.18 Å². The van der Waals surface area contributed by atoms with E-state index in [0.29, 0.717) is 24.0 Å². The highest BCUT2D eigenvalue weighted by molar-refractivity contribution is 6.08. The predicted octanol–water partition coefficient (Wildman–Crippen LogP) is 4.71. The zero-order chi connectivity index (χ0) is 21.0. The SMILES string of the molecule is Cn1c2ccncc2c2ccc(-c3cnc(O[C@H]4C[C@@H](O)C4)c(C(F)(F)F)c3)cc21. The Balaban J connectivity index is 1.58. The molecular formula is C22H18F3N3O2. The number of benzene rings is 1. The van der Waals surface area contributed by atoms with Gasteiger partial charge in [0, 0.05) is 60.3 Å². The first kappa shape index (κ1) is 18.9. The molecule has 0 aliphatic heterocycles. The molecule has 0 spiro atoms. The number of ether oxygens (including phenoxy) is 1. The Hall–Kier alpha value is -3.13. The van der Waals surface area contributed by atoms with Crippen LogP contribution in [0.5, 0.6) is 5.88 Å². The number of alkyl halides is 3. The molecule has 3 heterocycles. The molecule has 1 aliphatic rings. The van der Waals surface area contributed by atoms with Crippen LogP contribution in [0.4, 0.5) is 13.2 Å². The molecule has 1 aromatic carbocycles. The number of pyridine rings is 2. The Labute approximate surface area is 169 Å². The summed E-state index contributed by atoms with van der Waals surface area (Å²) in [6.07, 6.45) is -0.0560. The lowest BCUT2D eigenvalue weighted by atomic mass is 9.92. The van der Waals surface area contributed by atoms with E-state index in [1.165, 1.54) is 6.20 Å². The number of aryl methyl sites for hydroxylation is 1. The van der Waals surface area contributed by atoms with Gasteiger partial charge in [-0.05, 0) is 23.8 Å². The second-order valence-corrected chi connectivity index (χ2v) is 7.62. The Morgan fingerprint density at radius 1 is 1.03 bits per heavy atom. The van der Waals surface area contributed by atoms with Crippen LogP contribution in [-0.2, 0) is 13.2 Å². The Kier molecular flexibility index (Phi) is 4.21. The van der Waals surface area contributed by atoms with Crippen LogP contribution < -0.4 is 4.74 Å². The Morgan fingerprint density at radius 2 is 1.83 bits per heavy atom. The van der Waals surface area contributed by atoms with E-state index in [1.807, 2.05) is 29.8 Å². The maximum Gasteiger partial charge on any atom is 0.421 e. The summed E-state index contributed by atoms with van der Waals surface area (Å²) in [5.41, 5.74) is 1.96. The first-order valence-corrected chi connectivity index (χ1v) is 9.56. The molecule has 0 bridgehead atoms. The van der Waals surface area contributed by atoms with Crippen molar-refractivity contribution in [2.45, 2.75) is 31.2 Å². The predicted molar refractivity (Wildman–Crippen MR) is 106 cm³/mol. The number of fused-ring (bicyclic) bond motifs is 3. The van der Waals surface area contributed by atoms with Gasteiger partial charge in [0.1, 0.15) is 11.7 Å². The minimum Gasteiger partial charge on any atom is -0.474 e. The van der Waals surface area contributed by atoms with Crippen LogP contribution in [0.25, 0.3) is 32.9 Å². The lowest BCUT2D eigenvalue weighted by Gasteiger charge is -2.31. The molecule has 0 saturated heterocycles. The van der Waals surface area contributed by atoms with Gasteiger partial charge in [0.2, 0.25) is 5.88 Å². The van der Waals surface area contributed by atoms with Crippen molar-refractivity contribution in [1.29, 1.82) is 0 Å². The second-order valence-electron chi connectivity index (χ2n) is 7.62. The van der Waals surface area contributed by atoms with Crippen molar-refractivity contribution >= 4 is 21.8 Å². The van der Waals surface area contributed by atoms with Gasteiger partial charge in [0.25, 0.3) is 0 Å². The molecule has 1 aliphatic carbocycles. The second kappa shape index (κ2) is 6.70. The van der Waals surface area contributed by atoms with Crippen LogP contribution in [0.1, 0.15) is 18.4 Å². The van der Waals surface area contributed by atoms with Crippen LogP contribution in [0.3, 0.4) is 0 Å². The molecule has 1 fully saturated rings. The van der Waals surface area contributed by atoms with E-state index in [1.54, 1.807) is 18.5 Å². The zero-order valence-corrected chi connectivity index (χ0v) is 16.0. The summed E-state index contributed by atoms with van der Waals surface area (Å²) in [5, 5.41) is 11.3. The number of aromatic nitrogens is 3. The van der Waals surface area contributed by atoms with Crippen molar-refractivity contribution < 1.29 is 23.0 Å². The van der Waals surface area contributed by atoms with Gasteiger partial charge in [0.15, 0.2) is 0 Å². The van der Waals surface area contributed by atoms with Crippen molar-refractivity contribution in [2.24, 2.45) is 7.05 Å². The highest BCUT2D eigenvalue weighted by Crippen LogP contribution is 2.40. The quantitative estimate of drug-likeness (QED) is 0.529. The van der Waals surface area contributed by atoms with Crippen LogP contribution in [-0.4, -0.2) is 31.8 Å². The summed E-state index contributed by atoms with van der Waals surface area (Å²) in [5.74, 6) is -0.445. The van der Waals surface area contributed by atoms with Gasteiger partial charge in [-0.3, -0.25) is 4.98 Å². The summed E-state index contributed by atoms with van der Waals surface area (Å²) in [4.78, 5) is 8.14. The third-order valence-electron chi connectivity index (χ3n) is 5.65. The van der Waals surface area contributed by atoms with Crippen LogP contribution in [0.15, 0.2) is 48.9 Å². The number of hydrogen-bond donors (Lipinski definition) is 1. The Bertz CT molecular complexity index is 1260. The summed E-state index contributed by atoms with van der Waals surface area (Å²) >= 11 is 0. The molecule has 1 saturated carbocycles. The van der Waals surface area contributed by atoms with Gasteiger partial charge in [0.05, 0.1) is 11.6 Å². The molecule has 30 heavy (non-hydrogen) atoms. The summed E-state index contributed by atoms with van der Waals surface area (Å²) < 4.78 is 48.4. The third-order valence-corrected chi connectivity index (χ3v) is 5.65. The molecule has 8 heteroatoms. The molecule has 3 aromatic heterocycles. The van der Waals surface area contributed by atoms with Gasteiger partial charge in [-0.15, -0.1) is 0 Å². The monoisotopic (exact) mass is 413 g/mol. The fourth-order valence-electron chi connectivity index (χ4n) is 3.93. The van der Waals surface area contributed by atoms with E-state index >= 15 is 0 Å². The summed E-state index contributed by atoms with van der Waals surface area (Å²) in [7, 11) is 1.91. The van der Waals surface area contributed by atoms with Crippen molar-refractivity contribution in [3.8, 4) is 17.0 Å². The fraction of sp³-hybridized carbons (Fsp3) is 0.273. The molecule has 0 amide bonds. The van der Waals surface area contributed by atoms with Crippen LogP contribution >= 0.6 is 0 Å². The Morgan fingerprint density at radius 3 is 2.57 bits per heavy atom. The molecule has 4 aromatic rings. The van der Waals surface area contributed by atoms with Crippen LogP contribution in [0.2, 0.25) is 0 Å².